The molecule has 0 saturated carbocycles. The van der Waals surface area contributed by atoms with Crippen molar-refractivity contribution in [1.29, 1.82) is 0 Å². The molecule has 0 fully saturated rings. The molecule has 0 amide bonds. The SMILES string of the molecule is CN=C(NCc1cn(C)nc1C(F)(F)F)NCC(C)Oc1ccccc1OC.I. The molecule has 0 aliphatic rings. The van der Waals surface area contributed by atoms with Gasteiger partial charge in [0.15, 0.2) is 23.2 Å². The van der Waals surface area contributed by atoms with Gasteiger partial charge in [-0.2, -0.15) is 18.3 Å². The number of halogens is 4. The number of hydrogen-bond donors (Lipinski definition) is 2. The smallest absolute Gasteiger partial charge is 0.435 e. The van der Waals surface area contributed by atoms with Crippen LogP contribution in [-0.2, 0) is 19.8 Å². The summed E-state index contributed by atoms with van der Waals surface area (Å²) in [5.74, 6) is 1.58. The van der Waals surface area contributed by atoms with E-state index in [0.717, 1.165) is 4.68 Å². The molecule has 2 aromatic rings. The Labute approximate surface area is 184 Å². The van der Waals surface area contributed by atoms with Gasteiger partial charge in [0, 0.05) is 32.4 Å². The van der Waals surface area contributed by atoms with Crippen LogP contribution in [0, 0.1) is 0 Å². The zero-order valence-electron chi connectivity index (χ0n) is 16.6. The van der Waals surface area contributed by atoms with Gasteiger partial charge in [0.2, 0.25) is 0 Å². The Kier molecular flexibility index (Phi) is 9.53. The number of aliphatic imine (C=N–C) groups is 1. The minimum Gasteiger partial charge on any atom is -0.493 e. The molecule has 0 aliphatic carbocycles. The Morgan fingerprint density at radius 1 is 1.24 bits per heavy atom. The molecular weight excluding hydrogens is 502 g/mol. The first kappa shape index (κ1) is 24.9. The number of ether oxygens (including phenoxy) is 2. The number of rotatable bonds is 7. The van der Waals surface area contributed by atoms with E-state index in [1.54, 1.807) is 19.2 Å². The third-order valence-electron chi connectivity index (χ3n) is 3.80. The average molecular weight is 527 g/mol. The van der Waals surface area contributed by atoms with Crippen molar-refractivity contribution in [3.05, 3.63) is 41.7 Å². The van der Waals surface area contributed by atoms with Crippen LogP contribution in [-0.4, -0.2) is 42.5 Å². The molecule has 1 heterocycles. The van der Waals surface area contributed by atoms with Gasteiger partial charge in [0.1, 0.15) is 6.10 Å². The Hall–Kier alpha value is -2.18. The summed E-state index contributed by atoms with van der Waals surface area (Å²) < 4.78 is 51.3. The van der Waals surface area contributed by atoms with E-state index in [0.29, 0.717) is 24.0 Å². The topological polar surface area (TPSA) is 72.7 Å². The van der Waals surface area contributed by atoms with E-state index in [1.165, 1.54) is 20.3 Å². The van der Waals surface area contributed by atoms with Crippen LogP contribution in [0.15, 0.2) is 35.5 Å². The first-order valence-corrected chi connectivity index (χ1v) is 8.58. The van der Waals surface area contributed by atoms with Gasteiger partial charge in [0.25, 0.3) is 0 Å². The zero-order chi connectivity index (χ0) is 20.7. The van der Waals surface area contributed by atoms with E-state index >= 15 is 0 Å². The summed E-state index contributed by atoms with van der Waals surface area (Å²) in [5.41, 5.74) is -0.873. The lowest BCUT2D eigenvalue weighted by Gasteiger charge is -2.19. The summed E-state index contributed by atoms with van der Waals surface area (Å²) in [6, 6.07) is 7.27. The summed E-state index contributed by atoms with van der Waals surface area (Å²) in [5, 5.41) is 9.37. The van der Waals surface area contributed by atoms with E-state index in [1.807, 2.05) is 19.1 Å². The second-order valence-corrected chi connectivity index (χ2v) is 6.06. The van der Waals surface area contributed by atoms with Crippen molar-refractivity contribution in [1.82, 2.24) is 20.4 Å². The van der Waals surface area contributed by atoms with Crippen LogP contribution < -0.4 is 20.1 Å². The summed E-state index contributed by atoms with van der Waals surface area (Å²) in [7, 11) is 4.54. The second kappa shape index (κ2) is 11.1. The molecule has 7 nitrogen and oxygen atoms in total. The molecule has 29 heavy (non-hydrogen) atoms. The van der Waals surface area contributed by atoms with Gasteiger partial charge in [0.05, 0.1) is 13.7 Å². The number of nitrogens with zero attached hydrogens (tertiary/aromatic N) is 3. The average Bonchev–Trinajstić information content (AvgIpc) is 3.03. The van der Waals surface area contributed by atoms with Crippen molar-refractivity contribution in [2.75, 3.05) is 20.7 Å². The molecule has 1 unspecified atom stereocenters. The van der Waals surface area contributed by atoms with Crippen LogP contribution >= 0.6 is 24.0 Å². The molecule has 0 saturated heterocycles. The van der Waals surface area contributed by atoms with Crippen LogP contribution in [0.1, 0.15) is 18.2 Å². The highest BCUT2D eigenvalue weighted by molar-refractivity contribution is 14.0. The van der Waals surface area contributed by atoms with Gasteiger partial charge in [-0.25, -0.2) is 0 Å². The first-order valence-electron chi connectivity index (χ1n) is 8.58. The molecular formula is C18H25F3IN5O2. The van der Waals surface area contributed by atoms with Crippen LogP contribution in [0.25, 0.3) is 0 Å². The number of hydrogen-bond acceptors (Lipinski definition) is 4. The van der Waals surface area contributed by atoms with Crippen LogP contribution in [0.2, 0.25) is 0 Å². The highest BCUT2D eigenvalue weighted by atomic mass is 127. The molecule has 1 aromatic carbocycles. The van der Waals surface area contributed by atoms with Gasteiger partial charge in [-0.15, -0.1) is 24.0 Å². The van der Waals surface area contributed by atoms with Gasteiger partial charge >= 0.3 is 6.18 Å². The standard InChI is InChI=1S/C18H24F3N5O2.HI/c1-12(28-15-8-6-5-7-14(15)27-4)9-23-17(22-2)24-10-13-11-26(3)25-16(13)18(19,20)21;/h5-8,11-12H,9-10H2,1-4H3,(H2,22,23,24);1H. The van der Waals surface area contributed by atoms with E-state index in [4.69, 9.17) is 9.47 Å². The van der Waals surface area contributed by atoms with E-state index in [2.05, 4.69) is 20.7 Å². The lowest BCUT2D eigenvalue weighted by atomic mass is 10.2. The predicted molar refractivity (Wildman–Crippen MR) is 115 cm³/mol. The largest absolute Gasteiger partial charge is 0.493 e. The number of nitrogens with one attached hydrogen (secondary N) is 2. The zero-order valence-corrected chi connectivity index (χ0v) is 18.9. The highest BCUT2D eigenvalue weighted by Crippen LogP contribution is 2.30. The fourth-order valence-corrected chi connectivity index (χ4v) is 2.52. The quantitative estimate of drug-likeness (QED) is 0.329. The minimum atomic E-state index is -4.51. The Balaban J connectivity index is 0.00000420. The third-order valence-corrected chi connectivity index (χ3v) is 3.80. The minimum absolute atomic E-state index is 0. The maximum atomic E-state index is 13.0. The van der Waals surface area contributed by atoms with Crippen molar-refractivity contribution in [3.63, 3.8) is 0 Å². The number of aromatic nitrogens is 2. The lowest BCUT2D eigenvalue weighted by molar-refractivity contribution is -0.142. The molecule has 2 N–H and O–H groups in total. The Morgan fingerprint density at radius 2 is 1.90 bits per heavy atom. The number of aryl methyl sites for hydroxylation is 1. The van der Waals surface area contributed by atoms with Crippen LogP contribution in [0.4, 0.5) is 13.2 Å². The van der Waals surface area contributed by atoms with Gasteiger partial charge in [-0.3, -0.25) is 9.67 Å². The van der Waals surface area contributed by atoms with Crippen molar-refractivity contribution in [2.24, 2.45) is 12.0 Å². The molecule has 0 aliphatic heterocycles. The van der Waals surface area contributed by atoms with E-state index in [-0.39, 0.29) is 42.2 Å². The molecule has 162 valence electrons. The molecule has 1 aromatic heterocycles. The molecule has 2 rings (SSSR count). The number of benzene rings is 1. The normalized spacial score (nSPS) is 12.7. The van der Waals surface area contributed by atoms with Gasteiger partial charge < -0.3 is 20.1 Å². The summed E-state index contributed by atoms with van der Waals surface area (Å²) >= 11 is 0. The second-order valence-electron chi connectivity index (χ2n) is 6.06. The highest BCUT2D eigenvalue weighted by Gasteiger charge is 2.36. The van der Waals surface area contributed by atoms with Crippen molar-refractivity contribution in [2.45, 2.75) is 25.7 Å². The number of methoxy groups -OCH3 is 1. The third kappa shape index (κ3) is 7.29. The summed E-state index contributed by atoms with van der Waals surface area (Å²) in [6.07, 6.45) is -3.41. The van der Waals surface area contributed by atoms with Gasteiger partial charge in [-0.05, 0) is 19.1 Å². The first-order chi connectivity index (χ1) is 13.2. The maximum absolute atomic E-state index is 13.0. The lowest BCUT2D eigenvalue weighted by Crippen LogP contribution is -2.41. The van der Waals surface area contributed by atoms with Crippen LogP contribution in [0.3, 0.4) is 0 Å². The maximum Gasteiger partial charge on any atom is 0.435 e. The molecule has 1 atom stereocenters. The molecule has 0 spiro atoms. The predicted octanol–water partition coefficient (Wildman–Crippen LogP) is 3.20. The summed E-state index contributed by atoms with van der Waals surface area (Å²) in [4.78, 5) is 4.02. The monoisotopic (exact) mass is 527 g/mol. The number of para-hydroxylation sites is 2. The van der Waals surface area contributed by atoms with Gasteiger partial charge in [-0.1, -0.05) is 12.1 Å². The van der Waals surface area contributed by atoms with Crippen molar-refractivity contribution < 1.29 is 22.6 Å². The Morgan fingerprint density at radius 3 is 2.48 bits per heavy atom. The Bertz CT molecular complexity index is 811. The molecule has 11 heteroatoms. The van der Waals surface area contributed by atoms with Crippen molar-refractivity contribution >= 4 is 29.9 Å². The fraction of sp³-hybridized carbons (Fsp3) is 0.444. The number of alkyl halides is 3. The molecule has 0 bridgehead atoms. The fourth-order valence-electron chi connectivity index (χ4n) is 2.52. The van der Waals surface area contributed by atoms with E-state index in [9.17, 15) is 13.2 Å². The summed E-state index contributed by atoms with van der Waals surface area (Å²) in [6.45, 7) is 2.18. The van der Waals surface area contributed by atoms with Crippen LogP contribution in [0.5, 0.6) is 11.5 Å². The number of guanidine groups is 1. The van der Waals surface area contributed by atoms with Crippen molar-refractivity contribution in [3.8, 4) is 11.5 Å². The van der Waals surface area contributed by atoms with E-state index < -0.39 is 11.9 Å². The molecule has 0 radical (unpaired) electrons.